The van der Waals surface area contributed by atoms with E-state index in [9.17, 15) is 4.79 Å². The molecule has 1 aliphatic heterocycles. The van der Waals surface area contributed by atoms with Gasteiger partial charge in [-0.3, -0.25) is 4.79 Å². The molecule has 2 heterocycles. The largest absolute Gasteiger partial charge is 0.484 e. The van der Waals surface area contributed by atoms with E-state index in [4.69, 9.17) is 9.72 Å². The molecule has 1 fully saturated rings. The lowest BCUT2D eigenvalue weighted by molar-refractivity contribution is -0.134. The van der Waals surface area contributed by atoms with Gasteiger partial charge < -0.3 is 9.64 Å². The maximum Gasteiger partial charge on any atom is 0.260 e. The zero-order valence-electron chi connectivity index (χ0n) is 15.8. The molecule has 0 N–H and O–H groups in total. The minimum absolute atomic E-state index is 0.0555. The summed E-state index contributed by atoms with van der Waals surface area (Å²) in [6.45, 7) is 5.70. The summed E-state index contributed by atoms with van der Waals surface area (Å²) in [5, 5.41) is 1.14. The molecule has 1 amide bonds. The highest BCUT2D eigenvalue weighted by molar-refractivity contribution is 7.18. The molecule has 0 bridgehead atoms. The molecule has 2 aromatic carbocycles. The third kappa shape index (κ3) is 4.14. The Labute approximate surface area is 163 Å². The van der Waals surface area contributed by atoms with Crippen LogP contribution in [0.5, 0.6) is 5.75 Å². The minimum Gasteiger partial charge on any atom is -0.484 e. The lowest BCUT2D eigenvalue weighted by Crippen LogP contribution is -2.41. The van der Waals surface area contributed by atoms with E-state index < -0.39 is 0 Å². The summed E-state index contributed by atoms with van der Waals surface area (Å²) >= 11 is 1.75. The van der Waals surface area contributed by atoms with Crippen LogP contribution < -0.4 is 4.74 Å². The molecule has 140 valence electrons. The van der Waals surface area contributed by atoms with Gasteiger partial charge in [0.25, 0.3) is 5.91 Å². The van der Waals surface area contributed by atoms with E-state index in [2.05, 4.69) is 18.2 Å². The van der Waals surface area contributed by atoms with Crippen LogP contribution in [0.4, 0.5) is 0 Å². The van der Waals surface area contributed by atoms with Crippen molar-refractivity contribution >= 4 is 27.5 Å². The number of carbonyl (C=O) groups excluding carboxylic acids is 1. The van der Waals surface area contributed by atoms with E-state index in [1.807, 2.05) is 43.0 Å². The Balaban J connectivity index is 1.40. The second-order valence-corrected chi connectivity index (χ2v) is 8.37. The van der Waals surface area contributed by atoms with Crippen LogP contribution in [0.3, 0.4) is 0 Å². The monoisotopic (exact) mass is 380 g/mol. The predicted molar refractivity (Wildman–Crippen MR) is 110 cm³/mol. The van der Waals surface area contributed by atoms with Gasteiger partial charge in [0.05, 0.1) is 15.2 Å². The van der Waals surface area contributed by atoms with E-state index in [0.29, 0.717) is 5.92 Å². The predicted octanol–water partition coefficient (Wildman–Crippen LogP) is 4.70. The van der Waals surface area contributed by atoms with Crippen molar-refractivity contribution in [2.45, 2.75) is 32.6 Å². The molecule has 4 rings (SSSR count). The number of aromatic nitrogens is 1. The molecule has 27 heavy (non-hydrogen) atoms. The van der Waals surface area contributed by atoms with Crippen LogP contribution in [0.25, 0.3) is 10.2 Å². The highest BCUT2D eigenvalue weighted by Crippen LogP contribution is 2.33. The van der Waals surface area contributed by atoms with Gasteiger partial charge in [-0.1, -0.05) is 18.2 Å². The molecule has 1 aliphatic rings. The van der Waals surface area contributed by atoms with Crippen LogP contribution in [0.2, 0.25) is 0 Å². The van der Waals surface area contributed by atoms with E-state index in [1.54, 1.807) is 11.3 Å². The second-order valence-electron chi connectivity index (χ2n) is 7.31. The van der Waals surface area contributed by atoms with Crippen molar-refractivity contribution in [1.82, 2.24) is 9.88 Å². The summed E-state index contributed by atoms with van der Waals surface area (Å²) < 4.78 is 6.98. The Bertz CT molecular complexity index is 913. The van der Waals surface area contributed by atoms with Crippen LogP contribution >= 0.6 is 11.3 Å². The minimum atomic E-state index is 0.0555. The molecule has 4 nitrogen and oxygen atoms in total. The fourth-order valence-corrected chi connectivity index (χ4v) is 4.82. The first-order valence-corrected chi connectivity index (χ1v) is 10.2. The number of hydrogen-bond donors (Lipinski definition) is 0. The summed E-state index contributed by atoms with van der Waals surface area (Å²) in [4.78, 5) is 19.4. The molecule has 0 unspecified atom stereocenters. The number of benzene rings is 2. The average Bonchev–Trinajstić information content (AvgIpc) is 3.10. The molecular weight excluding hydrogens is 356 g/mol. The standard InChI is InChI=1S/C22H24N2O2S/c1-15-10-16(2)12-18(11-15)26-14-21(25)24-9-5-6-17(13-24)22-23-19-7-3-4-8-20(19)27-22/h3-4,7-8,10-12,17H,5-6,9,13-14H2,1-2H3/t17-/m1/s1. The molecule has 5 heteroatoms. The van der Waals surface area contributed by atoms with E-state index >= 15 is 0 Å². The number of para-hydroxylation sites is 1. The maximum atomic E-state index is 12.7. The first kappa shape index (κ1) is 18.0. The van der Waals surface area contributed by atoms with Crippen molar-refractivity contribution < 1.29 is 9.53 Å². The Kier molecular flexibility index (Phi) is 5.12. The first-order chi connectivity index (χ1) is 13.1. The number of ether oxygens (including phenoxy) is 1. The number of rotatable bonds is 4. The Morgan fingerprint density at radius 2 is 2.00 bits per heavy atom. The van der Waals surface area contributed by atoms with Crippen molar-refractivity contribution in [2.24, 2.45) is 0 Å². The fraction of sp³-hybridized carbons (Fsp3) is 0.364. The fourth-order valence-electron chi connectivity index (χ4n) is 3.72. The number of likely N-dealkylation sites (tertiary alicyclic amines) is 1. The summed E-state index contributed by atoms with van der Waals surface area (Å²) in [7, 11) is 0. The van der Waals surface area contributed by atoms with Crippen LogP contribution in [0, 0.1) is 13.8 Å². The van der Waals surface area contributed by atoms with Gasteiger partial charge in [0.15, 0.2) is 6.61 Å². The normalized spacial score (nSPS) is 17.3. The molecule has 1 aromatic heterocycles. The quantitative estimate of drug-likeness (QED) is 0.659. The zero-order chi connectivity index (χ0) is 18.8. The summed E-state index contributed by atoms with van der Waals surface area (Å²) in [5.41, 5.74) is 3.34. The topological polar surface area (TPSA) is 42.4 Å². The third-order valence-corrected chi connectivity index (χ3v) is 6.19. The first-order valence-electron chi connectivity index (χ1n) is 9.43. The van der Waals surface area contributed by atoms with Gasteiger partial charge in [0, 0.05) is 19.0 Å². The Morgan fingerprint density at radius 3 is 2.78 bits per heavy atom. The van der Waals surface area contributed by atoms with Crippen molar-refractivity contribution in [1.29, 1.82) is 0 Å². The average molecular weight is 381 g/mol. The van der Waals surface area contributed by atoms with Crippen molar-refractivity contribution in [3.8, 4) is 5.75 Å². The molecule has 1 saturated heterocycles. The van der Waals surface area contributed by atoms with E-state index in [-0.39, 0.29) is 12.5 Å². The van der Waals surface area contributed by atoms with E-state index in [1.165, 1.54) is 4.70 Å². The van der Waals surface area contributed by atoms with Crippen LogP contribution in [-0.4, -0.2) is 35.5 Å². The number of amides is 1. The maximum absolute atomic E-state index is 12.7. The number of piperidine rings is 1. The molecule has 0 saturated carbocycles. The number of hydrogen-bond acceptors (Lipinski definition) is 4. The SMILES string of the molecule is Cc1cc(C)cc(OCC(=O)N2CCC[C@@H](c3nc4ccccc4s3)C2)c1. The smallest absolute Gasteiger partial charge is 0.260 e. The molecule has 0 spiro atoms. The highest BCUT2D eigenvalue weighted by Gasteiger charge is 2.27. The molecular formula is C22H24N2O2S. The lowest BCUT2D eigenvalue weighted by atomic mass is 9.99. The van der Waals surface area contributed by atoms with Gasteiger partial charge in [-0.2, -0.15) is 0 Å². The van der Waals surface area contributed by atoms with Crippen molar-refractivity contribution in [2.75, 3.05) is 19.7 Å². The van der Waals surface area contributed by atoms with Crippen molar-refractivity contribution in [3.63, 3.8) is 0 Å². The van der Waals surface area contributed by atoms with Gasteiger partial charge in [0.1, 0.15) is 5.75 Å². The second kappa shape index (κ2) is 7.69. The Morgan fingerprint density at radius 1 is 1.22 bits per heavy atom. The van der Waals surface area contributed by atoms with Gasteiger partial charge in [-0.15, -0.1) is 11.3 Å². The van der Waals surface area contributed by atoms with Crippen LogP contribution in [-0.2, 0) is 4.79 Å². The van der Waals surface area contributed by atoms with Gasteiger partial charge in [0.2, 0.25) is 0 Å². The van der Waals surface area contributed by atoms with Gasteiger partial charge >= 0.3 is 0 Å². The number of nitrogens with zero attached hydrogens (tertiary/aromatic N) is 2. The van der Waals surface area contributed by atoms with Crippen LogP contribution in [0.1, 0.15) is 34.9 Å². The van der Waals surface area contributed by atoms with Crippen LogP contribution in [0.15, 0.2) is 42.5 Å². The number of carbonyl (C=O) groups is 1. The number of aryl methyl sites for hydroxylation is 2. The van der Waals surface area contributed by atoms with E-state index in [0.717, 1.165) is 53.3 Å². The highest BCUT2D eigenvalue weighted by atomic mass is 32.1. The van der Waals surface area contributed by atoms with Gasteiger partial charge in [-0.05, 0) is 62.1 Å². The Hall–Kier alpha value is -2.40. The molecule has 0 radical (unpaired) electrons. The zero-order valence-corrected chi connectivity index (χ0v) is 16.6. The summed E-state index contributed by atoms with van der Waals surface area (Å²) in [6.07, 6.45) is 2.09. The summed E-state index contributed by atoms with van der Waals surface area (Å²) in [6, 6.07) is 14.3. The molecule has 0 aliphatic carbocycles. The summed E-state index contributed by atoms with van der Waals surface area (Å²) in [5.74, 6) is 1.14. The number of thiazole rings is 1. The molecule has 3 aromatic rings. The molecule has 1 atom stereocenters. The third-order valence-electron chi connectivity index (χ3n) is 4.99. The van der Waals surface area contributed by atoms with Gasteiger partial charge in [-0.25, -0.2) is 4.98 Å². The number of fused-ring (bicyclic) bond motifs is 1. The lowest BCUT2D eigenvalue weighted by Gasteiger charge is -2.31. The van der Waals surface area contributed by atoms with Crippen molar-refractivity contribution in [3.05, 3.63) is 58.6 Å².